The van der Waals surface area contributed by atoms with Crippen molar-refractivity contribution >= 4 is 17.5 Å². The molecule has 0 fully saturated rings. The molecule has 2 heterocycles. The van der Waals surface area contributed by atoms with E-state index in [1.165, 1.54) is 0 Å². The minimum absolute atomic E-state index is 0.126. The van der Waals surface area contributed by atoms with Crippen LogP contribution < -0.4 is 10.1 Å². The van der Waals surface area contributed by atoms with Crippen LogP contribution in [0.2, 0.25) is 5.02 Å². The number of hydrogen-bond acceptors (Lipinski definition) is 5. The van der Waals surface area contributed by atoms with Crippen LogP contribution in [-0.4, -0.2) is 27.7 Å². The molecule has 1 amide bonds. The first-order chi connectivity index (χ1) is 15.0. The largest absolute Gasteiger partial charge is 0.497 e. The minimum atomic E-state index is -0.141. The summed E-state index contributed by atoms with van der Waals surface area (Å²) >= 11 is 5.93. The van der Waals surface area contributed by atoms with Gasteiger partial charge in [-0.05, 0) is 61.0 Å². The zero-order chi connectivity index (χ0) is 21.8. The maximum Gasteiger partial charge on any atom is 0.274 e. The highest BCUT2D eigenvalue weighted by molar-refractivity contribution is 6.30. The molecule has 0 radical (unpaired) electrons. The maximum absolute atomic E-state index is 12.6. The molecule has 2 aromatic heterocycles. The van der Waals surface area contributed by atoms with E-state index in [-0.39, 0.29) is 18.5 Å². The molecular formula is C23H21ClN4O3. The molecule has 0 spiro atoms. The summed E-state index contributed by atoms with van der Waals surface area (Å²) in [7, 11) is 1.62. The van der Waals surface area contributed by atoms with Gasteiger partial charge in [0.1, 0.15) is 18.0 Å². The van der Waals surface area contributed by atoms with Gasteiger partial charge in [0.25, 0.3) is 5.89 Å². The number of benzene rings is 2. The standard InChI is InChI=1S/C23H21ClN4O3/c1-15(16-7-11-19(30-2)12-8-16)25-21(29)14-28-13-3-4-20(28)23-26-22(27-31-23)17-5-9-18(24)10-6-17/h3-13,15H,14H2,1-2H3,(H,25,29)/t15-/m0/s1. The highest BCUT2D eigenvalue weighted by Crippen LogP contribution is 2.24. The fourth-order valence-electron chi connectivity index (χ4n) is 3.21. The van der Waals surface area contributed by atoms with E-state index in [1.807, 2.05) is 55.5 Å². The van der Waals surface area contributed by atoms with Crippen LogP contribution in [0.3, 0.4) is 0 Å². The minimum Gasteiger partial charge on any atom is -0.497 e. The summed E-state index contributed by atoms with van der Waals surface area (Å²) in [5.74, 6) is 1.44. The van der Waals surface area contributed by atoms with Gasteiger partial charge in [0.05, 0.1) is 13.2 Å². The summed E-state index contributed by atoms with van der Waals surface area (Å²) in [6.07, 6.45) is 1.80. The van der Waals surface area contributed by atoms with Crippen molar-refractivity contribution in [2.24, 2.45) is 0 Å². The molecule has 0 aliphatic carbocycles. The number of hydrogen-bond donors (Lipinski definition) is 1. The van der Waals surface area contributed by atoms with Crippen molar-refractivity contribution in [3.05, 3.63) is 77.4 Å². The van der Waals surface area contributed by atoms with Crippen molar-refractivity contribution in [2.75, 3.05) is 7.11 Å². The fraction of sp³-hybridized carbons (Fsp3) is 0.174. The predicted molar refractivity (Wildman–Crippen MR) is 118 cm³/mol. The van der Waals surface area contributed by atoms with Crippen molar-refractivity contribution < 1.29 is 14.1 Å². The van der Waals surface area contributed by atoms with E-state index in [4.69, 9.17) is 20.9 Å². The Kier molecular flexibility index (Phi) is 6.04. The molecule has 0 unspecified atom stereocenters. The number of carbonyl (C=O) groups excluding carboxylic acids is 1. The molecule has 158 valence electrons. The number of aromatic nitrogens is 3. The zero-order valence-electron chi connectivity index (χ0n) is 17.1. The lowest BCUT2D eigenvalue weighted by Crippen LogP contribution is -2.30. The van der Waals surface area contributed by atoms with Gasteiger partial charge in [-0.1, -0.05) is 28.9 Å². The topological polar surface area (TPSA) is 82.2 Å². The highest BCUT2D eigenvalue weighted by atomic mass is 35.5. The third-order valence-corrected chi connectivity index (χ3v) is 5.14. The first-order valence-corrected chi connectivity index (χ1v) is 10.1. The van der Waals surface area contributed by atoms with Crippen LogP contribution in [0.5, 0.6) is 5.75 Å². The van der Waals surface area contributed by atoms with Gasteiger partial charge in [0.2, 0.25) is 11.7 Å². The highest BCUT2D eigenvalue weighted by Gasteiger charge is 2.17. The molecule has 0 bridgehead atoms. The number of halogens is 1. The molecular weight excluding hydrogens is 416 g/mol. The van der Waals surface area contributed by atoms with E-state index >= 15 is 0 Å². The average Bonchev–Trinajstić information content (AvgIpc) is 3.43. The van der Waals surface area contributed by atoms with E-state index in [0.29, 0.717) is 22.4 Å². The van der Waals surface area contributed by atoms with Crippen LogP contribution in [0, 0.1) is 0 Å². The summed E-state index contributed by atoms with van der Waals surface area (Å²) < 4.78 is 12.4. The Bertz CT molecular complexity index is 1170. The number of carbonyl (C=O) groups is 1. The van der Waals surface area contributed by atoms with Crippen molar-refractivity contribution in [1.82, 2.24) is 20.0 Å². The molecule has 0 aliphatic rings. The monoisotopic (exact) mass is 436 g/mol. The third-order valence-electron chi connectivity index (χ3n) is 4.88. The van der Waals surface area contributed by atoms with Crippen molar-refractivity contribution in [3.8, 4) is 28.7 Å². The van der Waals surface area contributed by atoms with Gasteiger partial charge in [-0.2, -0.15) is 4.98 Å². The van der Waals surface area contributed by atoms with Crippen LogP contribution in [0.4, 0.5) is 0 Å². The summed E-state index contributed by atoms with van der Waals surface area (Å²) in [6.45, 7) is 2.06. The Morgan fingerprint density at radius 1 is 1.16 bits per heavy atom. The first kappa shape index (κ1) is 20.7. The second kappa shape index (κ2) is 9.06. The Balaban J connectivity index is 1.44. The van der Waals surface area contributed by atoms with E-state index < -0.39 is 0 Å². The third kappa shape index (κ3) is 4.78. The number of ether oxygens (including phenoxy) is 1. The molecule has 4 aromatic rings. The Hall–Kier alpha value is -3.58. The lowest BCUT2D eigenvalue weighted by atomic mass is 10.1. The molecule has 2 aromatic carbocycles. The van der Waals surface area contributed by atoms with E-state index in [9.17, 15) is 4.79 Å². The number of nitrogens with zero attached hydrogens (tertiary/aromatic N) is 3. The van der Waals surface area contributed by atoms with E-state index in [0.717, 1.165) is 16.9 Å². The smallest absolute Gasteiger partial charge is 0.274 e. The second-order valence-electron chi connectivity index (χ2n) is 7.01. The summed E-state index contributed by atoms with van der Waals surface area (Å²) in [5.41, 5.74) is 2.45. The normalized spacial score (nSPS) is 11.8. The van der Waals surface area contributed by atoms with Gasteiger partial charge in [0, 0.05) is 16.8 Å². The average molecular weight is 437 g/mol. The summed E-state index contributed by atoms with van der Waals surface area (Å²) in [6, 6.07) is 18.3. The van der Waals surface area contributed by atoms with Crippen LogP contribution in [0.15, 0.2) is 71.4 Å². The number of amides is 1. The lowest BCUT2D eigenvalue weighted by molar-refractivity contribution is -0.122. The Labute approximate surface area is 184 Å². The Morgan fingerprint density at radius 2 is 1.90 bits per heavy atom. The van der Waals surface area contributed by atoms with Crippen LogP contribution >= 0.6 is 11.6 Å². The SMILES string of the molecule is COc1ccc([C@H](C)NC(=O)Cn2cccc2-c2nc(-c3ccc(Cl)cc3)no2)cc1. The molecule has 1 N–H and O–H groups in total. The molecule has 0 saturated heterocycles. The second-order valence-corrected chi connectivity index (χ2v) is 7.45. The molecule has 1 atom stereocenters. The lowest BCUT2D eigenvalue weighted by Gasteiger charge is -2.15. The van der Waals surface area contributed by atoms with Crippen LogP contribution in [0.1, 0.15) is 18.5 Å². The predicted octanol–water partition coefficient (Wildman–Crippen LogP) is 4.74. The zero-order valence-corrected chi connectivity index (χ0v) is 17.8. The molecule has 4 rings (SSSR count). The molecule has 31 heavy (non-hydrogen) atoms. The first-order valence-electron chi connectivity index (χ1n) is 9.72. The molecule has 8 heteroatoms. The number of nitrogens with one attached hydrogen (secondary N) is 1. The van der Waals surface area contributed by atoms with Gasteiger partial charge >= 0.3 is 0 Å². The van der Waals surface area contributed by atoms with Gasteiger partial charge in [0.15, 0.2) is 0 Å². The molecule has 7 nitrogen and oxygen atoms in total. The molecule has 0 aliphatic heterocycles. The van der Waals surface area contributed by atoms with Crippen molar-refractivity contribution in [1.29, 1.82) is 0 Å². The van der Waals surface area contributed by atoms with E-state index in [1.54, 1.807) is 30.0 Å². The number of rotatable bonds is 7. The molecule has 0 saturated carbocycles. The van der Waals surface area contributed by atoms with Crippen molar-refractivity contribution in [3.63, 3.8) is 0 Å². The fourth-order valence-corrected chi connectivity index (χ4v) is 3.33. The number of methoxy groups -OCH3 is 1. The van der Waals surface area contributed by atoms with Gasteiger partial charge in [-0.15, -0.1) is 0 Å². The van der Waals surface area contributed by atoms with Gasteiger partial charge in [-0.25, -0.2) is 0 Å². The maximum atomic E-state index is 12.6. The quantitative estimate of drug-likeness (QED) is 0.452. The van der Waals surface area contributed by atoms with Crippen molar-refractivity contribution in [2.45, 2.75) is 19.5 Å². The Morgan fingerprint density at radius 3 is 2.61 bits per heavy atom. The van der Waals surface area contributed by atoms with Gasteiger partial charge < -0.3 is 19.1 Å². The van der Waals surface area contributed by atoms with E-state index in [2.05, 4.69) is 15.5 Å². The van der Waals surface area contributed by atoms with Gasteiger partial charge in [-0.3, -0.25) is 4.79 Å². The summed E-state index contributed by atoms with van der Waals surface area (Å²) in [4.78, 5) is 17.1. The van der Waals surface area contributed by atoms with Crippen LogP contribution in [-0.2, 0) is 11.3 Å². The summed E-state index contributed by atoms with van der Waals surface area (Å²) in [5, 5.41) is 7.68. The van der Waals surface area contributed by atoms with Crippen LogP contribution in [0.25, 0.3) is 23.0 Å².